The Morgan fingerprint density at radius 3 is 2.70 bits per heavy atom. The number of aromatic nitrogens is 3. The number of ether oxygens (including phenoxy) is 2. The SMILES string of the molecule is CCOC(=O)c1cc(-c2ccnc(-c3cccc(OC)c3)c2)nn1CCN. The van der Waals surface area contributed by atoms with Crippen molar-refractivity contribution in [1.29, 1.82) is 0 Å². The second kappa shape index (κ2) is 8.46. The highest BCUT2D eigenvalue weighted by Gasteiger charge is 2.17. The van der Waals surface area contributed by atoms with Gasteiger partial charge in [0.15, 0.2) is 0 Å². The van der Waals surface area contributed by atoms with E-state index < -0.39 is 5.97 Å². The van der Waals surface area contributed by atoms with Gasteiger partial charge in [-0.05, 0) is 37.3 Å². The number of rotatable bonds is 7. The van der Waals surface area contributed by atoms with E-state index in [1.54, 1.807) is 31.0 Å². The van der Waals surface area contributed by atoms with Crippen LogP contribution < -0.4 is 10.5 Å². The molecular weight excluding hydrogens is 344 g/mol. The maximum absolute atomic E-state index is 12.2. The van der Waals surface area contributed by atoms with Crippen LogP contribution in [0.15, 0.2) is 48.7 Å². The van der Waals surface area contributed by atoms with Gasteiger partial charge in [-0.2, -0.15) is 5.10 Å². The quantitative estimate of drug-likeness (QED) is 0.647. The zero-order valence-electron chi connectivity index (χ0n) is 15.4. The van der Waals surface area contributed by atoms with Crippen molar-refractivity contribution in [3.05, 3.63) is 54.4 Å². The molecular formula is C20H22N4O3. The molecule has 0 saturated carbocycles. The molecule has 0 spiro atoms. The fraction of sp³-hybridized carbons (Fsp3) is 0.250. The van der Waals surface area contributed by atoms with Crippen molar-refractivity contribution in [3.63, 3.8) is 0 Å². The third kappa shape index (κ3) is 4.15. The van der Waals surface area contributed by atoms with Gasteiger partial charge in [0, 0.05) is 23.9 Å². The summed E-state index contributed by atoms with van der Waals surface area (Å²) in [4.78, 5) is 16.6. The number of hydrogen-bond donors (Lipinski definition) is 1. The van der Waals surface area contributed by atoms with Gasteiger partial charge in [-0.1, -0.05) is 12.1 Å². The number of nitrogens with two attached hydrogens (primary N) is 1. The summed E-state index contributed by atoms with van der Waals surface area (Å²) in [5.74, 6) is 0.350. The van der Waals surface area contributed by atoms with Crippen LogP contribution in [-0.2, 0) is 11.3 Å². The molecule has 0 amide bonds. The van der Waals surface area contributed by atoms with Crippen LogP contribution in [-0.4, -0.2) is 41.0 Å². The highest BCUT2D eigenvalue weighted by Crippen LogP contribution is 2.26. The summed E-state index contributed by atoms with van der Waals surface area (Å²) in [5.41, 5.74) is 9.27. The monoisotopic (exact) mass is 366 g/mol. The van der Waals surface area contributed by atoms with Crippen molar-refractivity contribution in [2.45, 2.75) is 13.5 Å². The van der Waals surface area contributed by atoms with E-state index in [4.69, 9.17) is 15.2 Å². The molecule has 2 heterocycles. The average molecular weight is 366 g/mol. The van der Waals surface area contributed by atoms with E-state index >= 15 is 0 Å². The summed E-state index contributed by atoms with van der Waals surface area (Å²) in [6.45, 7) is 2.88. The van der Waals surface area contributed by atoms with Gasteiger partial charge in [0.25, 0.3) is 0 Å². The first-order valence-electron chi connectivity index (χ1n) is 8.72. The number of carbonyl (C=O) groups is 1. The van der Waals surface area contributed by atoms with Crippen LogP contribution in [0.2, 0.25) is 0 Å². The molecule has 0 saturated heterocycles. The van der Waals surface area contributed by atoms with Crippen molar-refractivity contribution in [3.8, 4) is 28.3 Å². The van der Waals surface area contributed by atoms with Gasteiger partial charge >= 0.3 is 5.97 Å². The molecule has 2 N–H and O–H groups in total. The zero-order valence-corrected chi connectivity index (χ0v) is 15.4. The molecule has 0 aliphatic heterocycles. The topological polar surface area (TPSA) is 92.3 Å². The van der Waals surface area contributed by atoms with Gasteiger partial charge in [-0.3, -0.25) is 9.67 Å². The lowest BCUT2D eigenvalue weighted by atomic mass is 10.1. The van der Waals surface area contributed by atoms with Crippen LogP contribution >= 0.6 is 0 Å². The summed E-state index contributed by atoms with van der Waals surface area (Å²) < 4.78 is 12.0. The van der Waals surface area contributed by atoms with Crippen molar-refractivity contribution >= 4 is 5.97 Å². The van der Waals surface area contributed by atoms with Gasteiger partial charge in [0.2, 0.25) is 0 Å². The zero-order chi connectivity index (χ0) is 19.2. The Bertz CT molecular complexity index is 936. The maximum Gasteiger partial charge on any atom is 0.356 e. The Kier molecular flexibility index (Phi) is 5.83. The summed E-state index contributed by atoms with van der Waals surface area (Å²) >= 11 is 0. The van der Waals surface area contributed by atoms with Gasteiger partial charge in [0.05, 0.1) is 31.6 Å². The molecule has 3 aromatic rings. The minimum absolute atomic E-state index is 0.303. The van der Waals surface area contributed by atoms with Crippen molar-refractivity contribution in [1.82, 2.24) is 14.8 Å². The Morgan fingerprint density at radius 1 is 1.15 bits per heavy atom. The highest BCUT2D eigenvalue weighted by molar-refractivity contribution is 5.89. The second-order valence-corrected chi connectivity index (χ2v) is 5.81. The molecule has 140 valence electrons. The first kappa shape index (κ1) is 18.6. The van der Waals surface area contributed by atoms with Gasteiger partial charge < -0.3 is 15.2 Å². The van der Waals surface area contributed by atoms with E-state index in [1.165, 1.54) is 0 Å². The molecule has 7 nitrogen and oxygen atoms in total. The molecule has 0 aliphatic rings. The maximum atomic E-state index is 12.2. The van der Waals surface area contributed by atoms with E-state index in [9.17, 15) is 4.79 Å². The van der Waals surface area contributed by atoms with Gasteiger partial charge in [0.1, 0.15) is 11.4 Å². The fourth-order valence-corrected chi connectivity index (χ4v) is 2.75. The lowest BCUT2D eigenvalue weighted by molar-refractivity contribution is 0.0512. The Hall–Kier alpha value is -3.19. The van der Waals surface area contributed by atoms with Crippen LogP contribution in [0.4, 0.5) is 0 Å². The van der Waals surface area contributed by atoms with Gasteiger partial charge in [-0.15, -0.1) is 0 Å². The molecule has 0 radical (unpaired) electrons. The van der Waals surface area contributed by atoms with Crippen LogP contribution in [0.3, 0.4) is 0 Å². The number of hydrogen-bond acceptors (Lipinski definition) is 6. The number of pyridine rings is 1. The summed E-state index contributed by atoms with van der Waals surface area (Å²) in [6, 6.07) is 13.2. The normalized spacial score (nSPS) is 10.6. The van der Waals surface area contributed by atoms with Crippen LogP contribution in [0, 0.1) is 0 Å². The predicted octanol–water partition coefficient (Wildman–Crippen LogP) is 2.76. The van der Waals surface area contributed by atoms with E-state index in [0.717, 1.165) is 22.6 Å². The molecule has 0 aliphatic carbocycles. The Morgan fingerprint density at radius 2 is 1.96 bits per heavy atom. The average Bonchev–Trinajstić information content (AvgIpc) is 3.13. The summed E-state index contributed by atoms with van der Waals surface area (Å²) in [7, 11) is 1.63. The molecule has 0 atom stereocenters. The molecule has 0 bridgehead atoms. The van der Waals surface area contributed by atoms with E-state index in [2.05, 4.69) is 10.1 Å². The van der Waals surface area contributed by atoms with Crippen LogP contribution in [0.1, 0.15) is 17.4 Å². The van der Waals surface area contributed by atoms with Crippen molar-refractivity contribution in [2.75, 3.05) is 20.3 Å². The Balaban J connectivity index is 1.99. The number of nitrogens with zero attached hydrogens (tertiary/aromatic N) is 3. The van der Waals surface area contributed by atoms with Crippen LogP contribution in [0.5, 0.6) is 5.75 Å². The molecule has 7 heteroatoms. The minimum atomic E-state index is -0.410. The number of benzene rings is 1. The van der Waals surface area contributed by atoms with Crippen molar-refractivity contribution < 1.29 is 14.3 Å². The van der Waals surface area contributed by atoms with E-state index in [-0.39, 0.29) is 0 Å². The number of methoxy groups -OCH3 is 1. The summed E-state index contributed by atoms with van der Waals surface area (Å²) in [5, 5.41) is 4.53. The smallest absolute Gasteiger partial charge is 0.356 e. The minimum Gasteiger partial charge on any atom is -0.497 e. The second-order valence-electron chi connectivity index (χ2n) is 5.81. The largest absolute Gasteiger partial charge is 0.497 e. The van der Waals surface area contributed by atoms with E-state index in [0.29, 0.717) is 31.1 Å². The number of esters is 1. The van der Waals surface area contributed by atoms with E-state index in [1.807, 2.05) is 36.4 Å². The molecule has 0 unspecified atom stereocenters. The van der Waals surface area contributed by atoms with Crippen LogP contribution in [0.25, 0.3) is 22.5 Å². The third-order valence-corrected chi connectivity index (χ3v) is 4.03. The lowest BCUT2D eigenvalue weighted by Crippen LogP contribution is -2.17. The molecule has 2 aromatic heterocycles. The third-order valence-electron chi connectivity index (χ3n) is 4.03. The molecule has 1 aromatic carbocycles. The molecule has 27 heavy (non-hydrogen) atoms. The highest BCUT2D eigenvalue weighted by atomic mass is 16.5. The number of carbonyl (C=O) groups excluding carboxylic acids is 1. The predicted molar refractivity (Wildman–Crippen MR) is 102 cm³/mol. The lowest BCUT2D eigenvalue weighted by Gasteiger charge is -2.05. The Labute approximate surface area is 157 Å². The van der Waals surface area contributed by atoms with Gasteiger partial charge in [-0.25, -0.2) is 4.79 Å². The first-order valence-corrected chi connectivity index (χ1v) is 8.72. The summed E-state index contributed by atoms with van der Waals surface area (Å²) in [6.07, 6.45) is 1.72. The standard InChI is InChI=1S/C20H22N4O3/c1-3-27-20(25)19-13-18(23-24(19)10-8-21)15-7-9-22-17(12-15)14-5-4-6-16(11-14)26-2/h4-7,9,11-13H,3,8,10,21H2,1-2H3. The fourth-order valence-electron chi connectivity index (χ4n) is 2.75. The van der Waals surface area contributed by atoms with Crippen molar-refractivity contribution in [2.24, 2.45) is 5.73 Å². The first-order chi connectivity index (χ1) is 13.2. The molecule has 0 fully saturated rings. The molecule has 3 rings (SSSR count).